The van der Waals surface area contributed by atoms with Gasteiger partial charge in [-0.3, -0.25) is 4.99 Å². The molecule has 1 fully saturated rings. The standard InChI is InChI=1S/C15H20F2N4/c1-3-7-19-15(18-2)20-12-6-8-21(10-12)14-5-4-11(16)9-13(14)17/h3-5,9,12H,1,6-8,10H2,2H3,(H2,18,19,20). The fraction of sp³-hybridized carbons (Fsp3) is 0.400. The Labute approximate surface area is 123 Å². The first-order chi connectivity index (χ1) is 10.1. The van der Waals surface area contributed by atoms with Gasteiger partial charge in [-0.15, -0.1) is 6.58 Å². The third-order valence-corrected chi connectivity index (χ3v) is 3.42. The summed E-state index contributed by atoms with van der Waals surface area (Å²) in [5, 5.41) is 6.38. The van der Waals surface area contributed by atoms with Crippen LogP contribution < -0.4 is 15.5 Å². The second kappa shape index (κ2) is 7.06. The minimum Gasteiger partial charge on any atom is -0.367 e. The predicted octanol–water partition coefficient (Wildman–Crippen LogP) is 1.89. The van der Waals surface area contributed by atoms with Crippen molar-refractivity contribution in [3.8, 4) is 0 Å². The summed E-state index contributed by atoms with van der Waals surface area (Å²) in [4.78, 5) is 6.03. The molecule has 2 N–H and O–H groups in total. The van der Waals surface area contributed by atoms with E-state index < -0.39 is 11.6 Å². The molecule has 0 bridgehead atoms. The summed E-state index contributed by atoms with van der Waals surface area (Å²) in [6.07, 6.45) is 2.62. The lowest BCUT2D eigenvalue weighted by Gasteiger charge is -2.20. The van der Waals surface area contributed by atoms with E-state index in [1.807, 2.05) is 4.90 Å². The van der Waals surface area contributed by atoms with Crippen molar-refractivity contribution >= 4 is 11.6 Å². The zero-order valence-electron chi connectivity index (χ0n) is 12.1. The highest BCUT2D eigenvalue weighted by Crippen LogP contribution is 2.24. The van der Waals surface area contributed by atoms with Crippen LogP contribution in [-0.4, -0.2) is 38.7 Å². The van der Waals surface area contributed by atoms with Crippen LogP contribution in [0.2, 0.25) is 0 Å². The van der Waals surface area contributed by atoms with Gasteiger partial charge in [0.15, 0.2) is 5.96 Å². The van der Waals surface area contributed by atoms with Crippen LogP contribution in [0.15, 0.2) is 35.8 Å². The van der Waals surface area contributed by atoms with E-state index in [9.17, 15) is 8.78 Å². The molecule has 1 aliphatic rings. The van der Waals surface area contributed by atoms with Crippen molar-refractivity contribution in [3.05, 3.63) is 42.5 Å². The third kappa shape index (κ3) is 3.93. The normalized spacial score (nSPS) is 18.7. The van der Waals surface area contributed by atoms with Crippen LogP contribution in [0.25, 0.3) is 0 Å². The summed E-state index contributed by atoms with van der Waals surface area (Å²) >= 11 is 0. The summed E-state index contributed by atoms with van der Waals surface area (Å²) in [6.45, 7) is 5.64. The van der Waals surface area contributed by atoms with Gasteiger partial charge in [-0.1, -0.05) is 6.08 Å². The molecule has 0 aliphatic carbocycles. The number of guanidine groups is 1. The summed E-state index contributed by atoms with van der Waals surface area (Å²) in [5.41, 5.74) is 0.440. The number of nitrogens with zero attached hydrogens (tertiary/aromatic N) is 2. The molecule has 0 saturated carbocycles. The van der Waals surface area contributed by atoms with Gasteiger partial charge in [-0.2, -0.15) is 0 Å². The fourth-order valence-corrected chi connectivity index (χ4v) is 2.39. The molecule has 0 aromatic heterocycles. The molecule has 1 unspecified atom stereocenters. The van der Waals surface area contributed by atoms with Crippen LogP contribution in [-0.2, 0) is 0 Å². The first-order valence-electron chi connectivity index (χ1n) is 6.92. The fourth-order valence-electron chi connectivity index (χ4n) is 2.39. The van der Waals surface area contributed by atoms with E-state index in [-0.39, 0.29) is 6.04 Å². The van der Waals surface area contributed by atoms with Gasteiger partial charge in [0.05, 0.1) is 5.69 Å². The Morgan fingerprint density at radius 3 is 3.00 bits per heavy atom. The van der Waals surface area contributed by atoms with Gasteiger partial charge in [0.2, 0.25) is 0 Å². The molecule has 0 radical (unpaired) electrons. The predicted molar refractivity (Wildman–Crippen MR) is 81.7 cm³/mol. The number of hydrogen-bond acceptors (Lipinski definition) is 2. The van der Waals surface area contributed by atoms with Crippen LogP contribution in [0.1, 0.15) is 6.42 Å². The van der Waals surface area contributed by atoms with E-state index in [4.69, 9.17) is 0 Å². The Morgan fingerprint density at radius 2 is 2.33 bits per heavy atom. The van der Waals surface area contributed by atoms with Gasteiger partial charge >= 0.3 is 0 Å². The summed E-state index contributed by atoms with van der Waals surface area (Å²) in [7, 11) is 1.70. The number of rotatable bonds is 4. The second-order valence-electron chi connectivity index (χ2n) is 4.91. The van der Waals surface area contributed by atoms with E-state index in [0.717, 1.165) is 19.0 Å². The van der Waals surface area contributed by atoms with Gasteiger partial charge in [-0.05, 0) is 18.6 Å². The molecule has 1 heterocycles. The van der Waals surface area contributed by atoms with Crippen molar-refractivity contribution in [1.29, 1.82) is 0 Å². The molecule has 114 valence electrons. The summed E-state index contributed by atoms with van der Waals surface area (Å²) in [6, 6.07) is 3.85. The van der Waals surface area contributed by atoms with E-state index in [0.29, 0.717) is 24.7 Å². The molecule has 1 aromatic carbocycles. The van der Waals surface area contributed by atoms with Crippen LogP contribution in [0.4, 0.5) is 14.5 Å². The highest BCUT2D eigenvalue weighted by Gasteiger charge is 2.25. The minimum absolute atomic E-state index is 0.172. The van der Waals surface area contributed by atoms with Gasteiger partial charge in [0.25, 0.3) is 0 Å². The van der Waals surface area contributed by atoms with Gasteiger partial charge in [-0.25, -0.2) is 8.78 Å². The Balaban J connectivity index is 1.95. The number of benzene rings is 1. The monoisotopic (exact) mass is 294 g/mol. The van der Waals surface area contributed by atoms with Crippen molar-refractivity contribution in [1.82, 2.24) is 10.6 Å². The Kier molecular flexibility index (Phi) is 5.14. The lowest BCUT2D eigenvalue weighted by molar-refractivity contribution is 0.580. The average molecular weight is 294 g/mol. The summed E-state index contributed by atoms with van der Waals surface area (Å²) < 4.78 is 26.7. The van der Waals surface area contributed by atoms with Crippen LogP contribution in [0.5, 0.6) is 0 Å². The lowest BCUT2D eigenvalue weighted by Crippen LogP contribution is -2.44. The molecule has 1 aliphatic heterocycles. The number of hydrogen-bond donors (Lipinski definition) is 2. The molecule has 6 heteroatoms. The Hall–Kier alpha value is -2.11. The van der Waals surface area contributed by atoms with Crippen LogP contribution >= 0.6 is 0 Å². The zero-order valence-corrected chi connectivity index (χ0v) is 12.1. The Morgan fingerprint density at radius 1 is 1.52 bits per heavy atom. The van der Waals surface area contributed by atoms with Gasteiger partial charge in [0.1, 0.15) is 11.6 Å². The molecule has 1 aromatic rings. The molecule has 1 saturated heterocycles. The third-order valence-electron chi connectivity index (χ3n) is 3.42. The number of anilines is 1. The lowest BCUT2D eigenvalue weighted by atomic mass is 10.2. The average Bonchev–Trinajstić information content (AvgIpc) is 2.91. The molecule has 0 spiro atoms. The second-order valence-corrected chi connectivity index (χ2v) is 4.91. The highest BCUT2D eigenvalue weighted by molar-refractivity contribution is 5.80. The number of aliphatic imine (C=N–C) groups is 1. The first-order valence-corrected chi connectivity index (χ1v) is 6.92. The van der Waals surface area contributed by atoms with E-state index in [1.54, 1.807) is 13.1 Å². The molecule has 21 heavy (non-hydrogen) atoms. The van der Waals surface area contributed by atoms with Gasteiger partial charge < -0.3 is 15.5 Å². The highest BCUT2D eigenvalue weighted by atomic mass is 19.1. The minimum atomic E-state index is -0.556. The SMILES string of the molecule is C=CCNC(=NC)NC1CCN(c2ccc(F)cc2F)C1. The summed E-state index contributed by atoms with van der Waals surface area (Å²) in [5.74, 6) is -0.384. The van der Waals surface area contributed by atoms with E-state index in [2.05, 4.69) is 22.2 Å². The van der Waals surface area contributed by atoms with Crippen LogP contribution in [0, 0.1) is 11.6 Å². The molecule has 2 rings (SSSR count). The molecule has 1 atom stereocenters. The molecule has 4 nitrogen and oxygen atoms in total. The quantitative estimate of drug-likeness (QED) is 0.506. The van der Waals surface area contributed by atoms with Crippen molar-refractivity contribution in [3.63, 3.8) is 0 Å². The van der Waals surface area contributed by atoms with E-state index >= 15 is 0 Å². The maximum Gasteiger partial charge on any atom is 0.191 e. The maximum atomic E-state index is 13.8. The Bertz CT molecular complexity index is 530. The van der Waals surface area contributed by atoms with Crippen molar-refractivity contribution < 1.29 is 8.78 Å². The van der Waals surface area contributed by atoms with Crippen molar-refractivity contribution in [2.75, 3.05) is 31.6 Å². The first kappa shape index (κ1) is 15.3. The smallest absolute Gasteiger partial charge is 0.191 e. The maximum absolute atomic E-state index is 13.8. The van der Waals surface area contributed by atoms with E-state index in [1.165, 1.54) is 12.1 Å². The largest absolute Gasteiger partial charge is 0.367 e. The van der Waals surface area contributed by atoms with Gasteiger partial charge in [0, 0.05) is 38.8 Å². The molecular formula is C15H20F2N4. The molecular weight excluding hydrogens is 274 g/mol. The van der Waals surface area contributed by atoms with Crippen LogP contribution in [0.3, 0.4) is 0 Å². The van der Waals surface area contributed by atoms with Crippen molar-refractivity contribution in [2.24, 2.45) is 4.99 Å². The number of nitrogens with one attached hydrogen (secondary N) is 2. The number of halogens is 2. The topological polar surface area (TPSA) is 39.7 Å². The molecule has 0 amide bonds. The van der Waals surface area contributed by atoms with Crippen molar-refractivity contribution in [2.45, 2.75) is 12.5 Å². The zero-order chi connectivity index (χ0) is 15.2.